The van der Waals surface area contributed by atoms with Crippen LogP contribution in [-0.4, -0.2) is 40.8 Å². The summed E-state index contributed by atoms with van der Waals surface area (Å²) >= 11 is 5.44. The second kappa shape index (κ2) is 8.68. The maximum atomic E-state index is 13.7. The van der Waals surface area contributed by atoms with Crippen molar-refractivity contribution in [3.8, 4) is 0 Å². The number of carbonyl (C=O) groups excluding carboxylic acids is 3. The van der Waals surface area contributed by atoms with Crippen LogP contribution in [0.3, 0.4) is 0 Å². The number of halogens is 1. The summed E-state index contributed by atoms with van der Waals surface area (Å²) in [5.74, 6) is 2.27. The van der Waals surface area contributed by atoms with Crippen LogP contribution in [0.15, 0.2) is 59.2 Å². The largest absolute Gasteiger partial charge is 0.325 e. The number of anilines is 3. The molecule has 1 atom stereocenters. The van der Waals surface area contributed by atoms with Gasteiger partial charge >= 0.3 is 0 Å². The van der Waals surface area contributed by atoms with E-state index in [0.717, 1.165) is 56.8 Å². The molecule has 9 heteroatoms. The van der Waals surface area contributed by atoms with Gasteiger partial charge in [-0.15, -0.1) is 0 Å². The molecule has 7 rings (SSSR count). The number of amides is 3. The summed E-state index contributed by atoms with van der Waals surface area (Å²) in [5.41, 5.74) is 4.40. The minimum absolute atomic E-state index is 0.0245. The Balaban J connectivity index is 1.11. The van der Waals surface area contributed by atoms with E-state index >= 15 is 0 Å². The second-order valence-electron chi connectivity index (χ2n) is 10.6. The first-order chi connectivity index (χ1) is 18.4. The number of nitrogens with zero attached hydrogens (tertiary/aromatic N) is 2. The number of hydrogen-bond acceptors (Lipinski definition) is 5. The molecular formula is C29H25BrN4O3S. The van der Waals surface area contributed by atoms with Gasteiger partial charge < -0.3 is 15.5 Å². The van der Waals surface area contributed by atoms with Gasteiger partial charge in [0.25, 0.3) is 0 Å². The molecule has 2 N–H and O–H groups in total. The zero-order chi connectivity index (χ0) is 26.1. The predicted octanol–water partition coefficient (Wildman–Crippen LogP) is 4.58. The van der Waals surface area contributed by atoms with Crippen molar-refractivity contribution < 1.29 is 14.4 Å². The molecule has 1 saturated heterocycles. The standard InChI is InChI=1S/C29H25BrN4O3S/c30-19-4-6-23-22(13-19)28(7-10-38-11-8-28)27(37)34(23)16-24(35)32-20-5-3-17-14-29(15-18(17)12-20)21-2-1-9-31-25(21)33-26(29)36/h1-6,9,12-13H,7-8,10-11,14-16H2,(H,32,35)(H,31,33,36). The van der Waals surface area contributed by atoms with E-state index in [4.69, 9.17) is 0 Å². The van der Waals surface area contributed by atoms with E-state index < -0.39 is 10.8 Å². The minimum atomic E-state index is -0.652. The predicted molar refractivity (Wildman–Crippen MR) is 152 cm³/mol. The van der Waals surface area contributed by atoms with Gasteiger partial charge in [0.2, 0.25) is 17.7 Å². The first-order valence-electron chi connectivity index (χ1n) is 12.8. The van der Waals surface area contributed by atoms with Gasteiger partial charge in [0.1, 0.15) is 12.4 Å². The molecule has 4 aliphatic rings. The van der Waals surface area contributed by atoms with Crippen molar-refractivity contribution in [3.63, 3.8) is 0 Å². The number of carbonyl (C=O) groups is 3. The molecule has 7 nitrogen and oxygen atoms in total. The second-order valence-corrected chi connectivity index (χ2v) is 12.7. The first-order valence-corrected chi connectivity index (χ1v) is 14.7. The molecule has 1 unspecified atom stereocenters. The Labute approximate surface area is 232 Å². The molecule has 0 bridgehead atoms. The summed E-state index contributed by atoms with van der Waals surface area (Å²) < 4.78 is 0.943. The van der Waals surface area contributed by atoms with Crippen LogP contribution < -0.4 is 15.5 Å². The average molecular weight is 590 g/mol. The quantitative estimate of drug-likeness (QED) is 0.467. The summed E-state index contributed by atoms with van der Waals surface area (Å²) in [4.78, 5) is 46.0. The lowest BCUT2D eigenvalue weighted by atomic mass is 9.76. The van der Waals surface area contributed by atoms with Gasteiger partial charge in [0.15, 0.2) is 0 Å². The highest BCUT2D eigenvalue weighted by Crippen LogP contribution is 2.50. The van der Waals surface area contributed by atoms with E-state index in [2.05, 4.69) is 31.5 Å². The molecule has 1 aromatic heterocycles. The number of hydrogen-bond donors (Lipinski definition) is 2. The fourth-order valence-electron chi connectivity index (χ4n) is 6.66. The van der Waals surface area contributed by atoms with E-state index in [1.54, 1.807) is 11.1 Å². The summed E-state index contributed by atoms with van der Waals surface area (Å²) in [6, 6.07) is 15.6. The molecule has 3 aromatic rings. The Bertz CT molecular complexity index is 1540. The van der Waals surface area contributed by atoms with Crippen LogP contribution in [0, 0.1) is 0 Å². The van der Waals surface area contributed by atoms with Gasteiger partial charge in [-0.3, -0.25) is 14.4 Å². The normalized spacial score (nSPS) is 22.4. The van der Waals surface area contributed by atoms with Crippen molar-refractivity contribution in [1.82, 2.24) is 4.98 Å². The lowest BCUT2D eigenvalue weighted by Crippen LogP contribution is -2.45. The van der Waals surface area contributed by atoms with Gasteiger partial charge in [-0.1, -0.05) is 28.1 Å². The SMILES string of the molecule is O=C(CN1C(=O)C2(CCSCC2)c2cc(Br)ccc21)Nc1ccc2c(c1)CC1(C2)C(=O)Nc2ncccc21. The minimum Gasteiger partial charge on any atom is -0.325 e. The summed E-state index contributed by atoms with van der Waals surface area (Å²) in [6.07, 6.45) is 4.43. The van der Waals surface area contributed by atoms with E-state index in [1.165, 1.54) is 0 Å². The molecule has 4 heterocycles. The molecule has 0 saturated carbocycles. The molecule has 2 spiro atoms. The molecule has 0 radical (unpaired) electrons. The van der Waals surface area contributed by atoms with Gasteiger partial charge in [-0.2, -0.15) is 11.8 Å². The number of fused-ring (bicyclic) bond motifs is 5. The highest BCUT2D eigenvalue weighted by atomic mass is 79.9. The van der Waals surface area contributed by atoms with Crippen LogP contribution in [0.4, 0.5) is 17.2 Å². The van der Waals surface area contributed by atoms with Gasteiger partial charge in [-0.05, 0) is 90.3 Å². The van der Waals surface area contributed by atoms with Crippen LogP contribution in [0.25, 0.3) is 0 Å². The van der Waals surface area contributed by atoms with E-state index in [1.807, 2.05) is 60.3 Å². The number of aromatic nitrogens is 1. The maximum Gasteiger partial charge on any atom is 0.244 e. The zero-order valence-corrected chi connectivity index (χ0v) is 23.0. The number of nitrogens with one attached hydrogen (secondary N) is 2. The van der Waals surface area contributed by atoms with E-state index in [-0.39, 0.29) is 24.3 Å². The highest BCUT2D eigenvalue weighted by Gasteiger charge is 2.52. The Morgan fingerprint density at radius 1 is 1.03 bits per heavy atom. The maximum absolute atomic E-state index is 13.7. The molecule has 1 fully saturated rings. The molecule has 3 aliphatic heterocycles. The molecule has 3 amide bonds. The van der Waals surface area contributed by atoms with Crippen LogP contribution in [0.2, 0.25) is 0 Å². The molecule has 2 aromatic carbocycles. The fraction of sp³-hybridized carbons (Fsp3) is 0.310. The first kappa shape index (κ1) is 23.9. The summed E-state index contributed by atoms with van der Waals surface area (Å²) in [5, 5.41) is 5.93. The third-order valence-corrected chi connectivity index (χ3v) is 10.0. The third-order valence-electron chi connectivity index (χ3n) is 8.53. The van der Waals surface area contributed by atoms with Crippen LogP contribution in [-0.2, 0) is 38.1 Å². The lowest BCUT2D eigenvalue weighted by molar-refractivity contribution is -0.125. The molecule has 192 valence electrons. The Hall–Kier alpha value is -3.17. The summed E-state index contributed by atoms with van der Waals surface area (Å²) in [7, 11) is 0. The van der Waals surface area contributed by atoms with Gasteiger partial charge in [-0.25, -0.2) is 4.98 Å². The monoisotopic (exact) mass is 588 g/mol. The van der Waals surface area contributed by atoms with Crippen LogP contribution in [0.1, 0.15) is 35.1 Å². The summed E-state index contributed by atoms with van der Waals surface area (Å²) in [6.45, 7) is -0.0369. The third kappa shape index (κ3) is 3.48. The van der Waals surface area contributed by atoms with Crippen molar-refractivity contribution in [2.45, 2.75) is 36.5 Å². The van der Waals surface area contributed by atoms with Crippen molar-refractivity contribution in [2.24, 2.45) is 0 Å². The smallest absolute Gasteiger partial charge is 0.244 e. The van der Waals surface area contributed by atoms with Crippen LogP contribution >= 0.6 is 27.7 Å². The average Bonchev–Trinajstić information content (AvgIpc) is 3.50. The molecular weight excluding hydrogens is 564 g/mol. The number of thioether (sulfide) groups is 1. The van der Waals surface area contributed by atoms with E-state index in [0.29, 0.717) is 24.3 Å². The molecule has 1 aliphatic carbocycles. The van der Waals surface area contributed by atoms with Crippen molar-refractivity contribution in [3.05, 3.63) is 81.5 Å². The van der Waals surface area contributed by atoms with Crippen molar-refractivity contribution in [2.75, 3.05) is 33.6 Å². The van der Waals surface area contributed by atoms with Gasteiger partial charge in [0.05, 0.1) is 10.8 Å². The van der Waals surface area contributed by atoms with Crippen molar-refractivity contribution >= 4 is 62.6 Å². The fourth-order valence-corrected chi connectivity index (χ4v) is 8.21. The van der Waals surface area contributed by atoms with E-state index in [9.17, 15) is 14.4 Å². The Kier molecular flexibility index (Phi) is 5.46. The Morgan fingerprint density at radius 2 is 1.84 bits per heavy atom. The van der Waals surface area contributed by atoms with Crippen molar-refractivity contribution in [1.29, 1.82) is 0 Å². The van der Waals surface area contributed by atoms with Crippen LogP contribution in [0.5, 0.6) is 0 Å². The Morgan fingerprint density at radius 3 is 2.68 bits per heavy atom. The topological polar surface area (TPSA) is 91.4 Å². The highest BCUT2D eigenvalue weighted by molar-refractivity contribution is 9.10. The molecule has 38 heavy (non-hydrogen) atoms. The number of rotatable bonds is 3. The number of benzene rings is 2. The lowest BCUT2D eigenvalue weighted by Gasteiger charge is -2.32. The van der Waals surface area contributed by atoms with Gasteiger partial charge in [0, 0.05) is 27.6 Å². The number of pyridine rings is 1. The zero-order valence-electron chi connectivity index (χ0n) is 20.6.